The molecule has 1 aliphatic rings. The normalized spacial score (nSPS) is 15.4. The van der Waals surface area contributed by atoms with E-state index in [0.29, 0.717) is 12.2 Å². The number of carbonyl (C=O) groups excluding carboxylic acids is 2. The molecule has 0 spiro atoms. The number of nitrogens with one attached hydrogen (secondary N) is 3. The minimum Gasteiger partial charge on any atom is -0.481 e. The highest BCUT2D eigenvalue weighted by Crippen LogP contribution is 2.12. The summed E-state index contributed by atoms with van der Waals surface area (Å²) in [6.07, 6.45) is -0.330. The van der Waals surface area contributed by atoms with Crippen molar-refractivity contribution >= 4 is 17.5 Å². The van der Waals surface area contributed by atoms with Crippen LogP contribution in [0.3, 0.4) is 0 Å². The fourth-order valence-electron chi connectivity index (χ4n) is 3.31. The van der Waals surface area contributed by atoms with Gasteiger partial charge in [-0.25, -0.2) is 0 Å². The standard InChI is InChI=1S/C22H28N4O3/c1-18(29-20-10-6-3-7-11-20)22(28)24-23-21(27)12-13-25-14-16-26(17-15-25)19-8-4-2-5-9-19/h2-11,18H,12-17H2,1H3,(H,23,27)(H,24,28)/p+1/t18-/m0/s1. The van der Waals surface area contributed by atoms with Crippen LogP contribution in [0.2, 0.25) is 0 Å². The van der Waals surface area contributed by atoms with Crippen molar-refractivity contribution in [2.45, 2.75) is 19.4 Å². The second kappa shape index (κ2) is 10.5. The number of piperazine rings is 1. The second-order valence-corrected chi connectivity index (χ2v) is 7.18. The molecule has 1 aliphatic heterocycles. The molecule has 0 aromatic heterocycles. The van der Waals surface area contributed by atoms with Crippen molar-refractivity contribution in [3.05, 3.63) is 60.7 Å². The molecule has 3 N–H and O–H groups in total. The molecule has 1 atom stereocenters. The molecule has 1 heterocycles. The topological polar surface area (TPSA) is 75.1 Å². The van der Waals surface area contributed by atoms with Crippen molar-refractivity contribution < 1.29 is 19.2 Å². The summed E-state index contributed by atoms with van der Waals surface area (Å²) in [5.74, 6) is 0.0361. The average molecular weight is 397 g/mol. The van der Waals surface area contributed by atoms with Gasteiger partial charge in [0, 0.05) is 5.69 Å². The fourth-order valence-corrected chi connectivity index (χ4v) is 3.31. The summed E-state index contributed by atoms with van der Waals surface area (Å²) in [5.41, 5.74) is 6.17. The number of anilines is 1. The number of para-hydroxylation sites is 2. The quantitative estimate of drug-likeness (QED) is 0.591. The van der Waals surface area contributed by atoms with E-state index in [1.807, 2.05) is 24.3 Å². The van der Waals surface area contributed by atoms with Crippen molar-refractivity contribution in [2.24, 2.45) is 0 Å². The smallest absolute Gasteiger partial charge is 0.279 e. The monoisotopic (exact) mass is 397 g/mol. The Hall–Kier alpha value is -3.06. The highest BCUT2D eigenvalue weighted by atomic mass is 16.5. The van der Waals surface area contributed by atoms with Gasteiger partial charge in [0.05, 0.1) is 39.1 Å². The third kappa shape index (κ3) is 6.50. The zero-order valence-electron chi connectivity index (χ0n) is 16.8. The van der Waals surface area contributed by atoms with Gasteiger partial charge in [0.15, 0.2) is 6.10 Å². The van der Waals surface area contributed by atoms with Crippen molar-refractivity contribution in [1.82, 2.24) is 10.9 Å². The van der Waals surface area contributed by atoms with E-state index >= 15 is 0 Å². The van der Waals surface area contributed by atoms with Crippen molar-refractivity contribution in [2.75, 3.05) is 37.6 Å². The summed E-state index contributed by atoms with van der Waals surface area (Å²) in [7, 11) is 0. The van der Waals surface area contributed by atoms with Crippen LogP contribution in [-0.2, 0) is 9.59 Å². The molecule has 2 aromatic carbocycles. The molecular formula is C22H29N4O3+. The van der Waals surface area contributed by atoms with Gasteiger partial charge in [-0.15, -0.1) is 0 Å². The van der Waals surface area contributed by atoms with Crippen LogP contribution >= 0.6 is 0 Å². The number of nitrogens with zero attached hydrogens (tertiary/aromatic N) is 1. The number of hydrogen-bond acceptors (Lipinski definition) is 4. The molecule has 1 fully saturated rings. The molecule has 3 rings (SSSR count). The molecule has 7 heteroatoms. The van der Waals surface area contributed by atoms with Crippen molar-refractivity contribution in [3.63, 3.8) is 0 Å². The van der Waals surface area contributed by atoms with Gasteiger partial charge in [-0.2, -0.15) is 0 Å². The minimum atomic E-state index is -0.700. The van der Waals surface area contributed by atoms with E-state index in [1.54, 1.807) is 19.1 Å². The lowest BCUT2D eigenvalue weighted by atomic mass is 10.2. The third-order valence-electron chi connectivity index (χ3n) is 5.05. The third-order valence-corrected chi connectivity index (χ3v) is 5.05. The maximum Gasteiger partial charge on any atom is 0.279 e. The Labute approximate surface area is 171 Å². The maximum absolute atomic E-state index is 12.1. The van der Waals surface area contributed by atoms with Crippen LogP contribution in [0.1, 0.15) is 13.3 Å². The Kier molecular flexibility index (Phi) is 7.47. The zero-order chi connectivity index (χ0) is 20.5. The predicted molar refractivity (Wildman–Crippen MR) is 112 cm³/mol. The summed E-state index contributed by atoms with van der Waals surface area (Å²) in [6.45, 7) is 6.34. The molecule has 1 saturated heterocycles. The number of hydrogen-bond donors (Lipinski definition) is 3. The average Bonchev–Trinajstić information content (AvgIpc) is 2.77. The number of quaternary nitrogens is 1. The Morgan fingerprint density at radius 1 is 1.00 bits per heavy atom. The van der Waals surface area contributed by atoms with Gasteiger partial charge in [-0.05, 0) is 31.2 Å². The highest BCUT2D eigenvalue weighted by molar-refractivity contribution is 5.84. The van der Waals surface area contributed by atoms with Gasteiger partial charge >= 0.3 is 0 Å². The van der Waals surface area contributed by atoms with Crippen LogP contribution in [0, 0.1) is 0 Å². The first-order valence-corrected chi connectivity index (χ1v) is 10.1. The number of rotatable bonds is 7. The van der Waals surface area contributed by atoms with Crippen molar-refractivity contribution in [3.8, 4) is 5.75 Å². The second-order valence-electron chi connectivity index (χ2n) is 7.18. The van der Waals surface area contributed by atoms with Crippen LogP contribution in [-0.4, -0.2) is 50.6 Å². The molecule has 7 nitrogen and oxygen atoms in total. The van der Waals surface area contributed by atoms with Gasteiger partial charge in [-0.1, -0.05) is 36.4 Å². The summed E-state index contributed by atoms with van der Waals surface area (Å²) >= 11 is 0. The van der Waals surface area contributed by atoms with Crippen LogP contribution in [0.25, 0.3) is 0 Å². The number of hydrazine groups is 1. The van der Waals surface area contributed by atoms with Crippen LogP contribution in [0.5, 0.6) is 5.75 Å². The Balaban J connectivity index is 1.31. The van der Waals surface area contributed by atoms with Crippen LogP contribution in [0.4, 0.5) is 5.69 Å². The lowest BCUT2D eigenvalue weighted by Crippen LogP contribution is -3.15. The Bertz CT molecular complexity index is 777. The Morgan fingerprint density at radius 3 is 2.28 bits per heavy atom. The number of carbonyl (C=O) groups is 2. The maximum atomic E-state index is 12.1. The number of ether oxygens (including phenoxy) is 1. The SMILES string of the molecule is C[C@H](Oc1ccccc1)C(=O)NNC(=O)CC[NH+]1CCN(c2ccccc2)CC1. The van der Waals surface area contributed by atoms with E-state index in [0.717, 1.165) is 32.7 Å². The van der Waals surface area contributed by atoms with Gasteiger partial charge in [-0.3, -0.25) is 20.4 Å². The zero-order valence-corrected chi connectivity index (χ0v) is 16.8. The van der Waals surface area contributed by atoms with E-state index in [1.165, 1.54) is 10.6 Å². The predicted octanol–water partition coefficient (Wildman–Crippen LogP) is 0.397. The Morgan fingerprint density at radius 2 is 1.62 bits per heavy atom. The van der Waals surface area contributed by atoms with Crippen LogP contribution in [0.15, 0.2) is 60.7 Å². The molecule has 0 saturated carbocycles. The summed E-state index contributed by atoms with van der Waals surface area (Å²) in [5, 5.41) is 0. The van der Waals surface area contributed by atoms with E-state index in [9.17, 15) is 9.59 Å². The van der Waals surface area contributed by atoms with Crippen LogP contribution < -0.4 is 25.4 Å². The lowest BCUT2D eigenvalue weighted by Gasteiger charge is -2.33. The van der Waals surface area contributed by atoms with E-state index in [4.69, 9.17) is 4.74 Å². The molecule has 0 aliphatic carbocycles. The molecule has 154 valence electrons. The molecule has 0 unspecified atom stereocenters. The van der Waals surface area contributed by atoms with E-state index < -0.39 is 6.10 Å². The summed E-state index contributed by atoms with van der Waals surface area (Å²) < 4.78 is 5.54. The van der Waals surface area contributed by atoms with Gasteiger partial charge in [0.2, 0.25) is 5.91 Å². The number of amides is 2. The van der Waals surface area contributed by atoms with Gasteiger partial charge in [0.1, 0.15) is 5.75 Å². The largest absolute Gasteiger partial charge is 0.481 e. The van der Waals surface area contributed by atoms with Crippen molar-refractivity contribution in [1.29, 1.82) is 0 Å². The lowest BCUT2D eigenvalue weighted by molar-refractivity contribution is -0.900. The first-order chi connectivity index (χ1) is 14.1. The molecule has 0 radical (unpaired) electrons. The fraction of sp³-hybridized carbons (Fsp3) is 0.364. The minimum absolute atomic E-state index is 0.191. The van der Waals surface area contributed by atoms with E-state index in [2.05, 4.69) is 40.0 Å². The summed E-state index contributed by atoms with van der Waals surface area (Å²) in [6, 6.07) is 19.5. The highest BCUT2D eigenvalue weighted by Gasteiger charge is 2.21. The molecule has 29 heavy (non-hydrogen) atoms. The van der Waals surface area contributed by atoms with E-state index in [-0.39, 0.29) is 11.8 Å². The molecule has 2 amide bonds. The first kappa shape index (κ1) is 20.7. The van der Waals surface area contributed by atoms with Gasteiger partial charge < -0.3 is 14.5 Å². The first-order valence-electron chi connectivity index (χ1n) is 10.1. The van der Waals surface area contributed by atoms with Gasteiger partial charge in [0.25, 0.3) is 5.91 Å². The molecule has 2 aromatic rings. The molecule has 0 bridgehead atoms. The summed E-state index contributed by atoms with van der Waals surface area (Å²) in [4.78, 5) is 27.9. The molecular weight excluding hydrogens is 368 g/mol. The number of benzene rings is 2.